The summed E-state index contributed by atoms with van der Waals surface area (Å²) in [5.41, 5.74) is 1.24. The molecule has 0 aliphatic carbocycles. The van der Waals surface area contributed by atoms with Gasteiger partial charge in [0.15, 0.2) is 0 Å². The molecular weight excluding hydrogens is 348 g/mol. The van der Waals surface area contributed by atoms with E-state index in [4.69, 9.17) is 11.6 Å². The summed E-state index contributed by atoms with van der Waals surface area (Å²) in [7, 11) is -2.17. The molecule has 0 spiro atoms. The topological polar surface area (TPSA) is 75.3 Å². The largest absolute Gasteiger partial charge is 0.355 e. The number of sulfonamides is 1. The third kappa shape index (κ3) is 4.35. The van der Waals surface area contributed by atoms with E-state index in [9.17, 15) is 13.2 Å². The van der Waals surface area contributed by atoms with Gasteiger partial charge in [0.05, 0.1) is 4.90 Å². The average Bonchev–Trinajstić information content (AvgIpc) is 2.60. The first-order valence-electron chi connectivity index (χ1n) is 7.47. The normalized spacial score (nSPS) is 12.6. The highest BCUT2D eigenvalue weighted by Gasteiger charge is 2.20. The monoisotopic (exact) mass is 366 g/mol. The number of amides is 1. The third-order valence-electron chi connectivity index (χ3n) is 3.63. The van der Waals surface area contributed by atoms with Crippen LogP contribution in [0.5, 0.6) is 0 Å². The summed E-state index contributed by atoms with van der Waals surface area (Å²) < 4.78 is 27.8. The highest BCUT2D eigenvalue weighted by Crippen LogP contribution is 2.22. The van der Waals surface area contributed by atoms with Crippen LogP contribution in [0.1, 0.15) is 35.3 Å². The molecular formula is C17H19ClN2O3S. The summed E-state index contributed by atoms with van der Waals surface area (Å²) in [4.78, 5) is 11.6. The zero-order valence-electron chi connectivity index (χ0n) is 13.4. The molecule has 7 heteroatoms. The van der Waals surface area contributed by atoms with E-state index in [-0.39, 0.29) is 16.8 Å². The van der Waals surface area contributed by atoms with Gasteiger partial charge in [-0.05, 0) is 48.4 Å². The molecule has 0 bridgehead atoms. The minimum absolute atomic E-state index is 0.113. The fourth-order valence-corrected chi connectivity index (χ4v) is 3.70. The standard InChI is InChI=1S/C17H19ClN2O3S/c1-3-16(12-4-8-14(18)9-5-12)20-24(22,23)15-10-6-13(7-11-15)17(21)19-2/h4-11,16,20H,3H2,1-2H3,(H,19,21). The van der Waals surface area contributed by atoms with Gasteiger partial charge in [-0.1, -0.05) is 30.7 Å². The van der Waals surface area contributed by atoms with Crippen molar-refractivity contribution in [2.75, 3.05) is 7.05 Å². The Labute approximate surface area is 147 Å². The molecule has 128 valence electrons. The number of hydrogen-bond acceptors (Lipinski definition) is 3. The van der Waals surface area contributed by atoms with Crippen molar-refractivity contribution in [3.05, 3.63) is 64.7 Å². The maximum absolute atomic E-state index is 12.6. The molecule has 2 N–H and O–H groups in total. The molecule has 5 nitrogen and oxygen atoms in total. The molecule has 2 aromatic carbocycles. The summed E-state index contributed by atoms with van der Waals surface area (Å²) in [6.45, 7) is 1.90. The molecule has 0 aromatic heterocycles. The maximum atomic E-state index is 12.6. The summed E-state index contributed by atoms with van der Waals surface area (Å²) in [5.74, 6) is -0.264. The molecule has 0 aliphatic rings. The molecule has 1 unspecified atom stereocenters. The second kappa shape index (κ2) is 7.79. The van der Waals surface area contributed by atoms with E-state index < -0.39 is 10.0 Å². The number of rotatable bonds is 6. The van der Waals surface area contributed by atoms with Crippen molar-refractivity contribution in [3.63, 3.8) is 0 Å². The van der Waals surface area contributed by atoms with Crippen LogP contribution in [0, 0.1) is 0 Å². The van der Waals surface area contributed by atoms with E-state index in [1.165, 1.54) is 31.3 Å². The highest BCUT2D eigenvalue weighted by molar-refractivity contribution is 7.89. The summed E-state index contributed by atoms with van der Waals surface area (Å²) >= 11 is 5.87. The molecule has 1 amide bonds. The van der Waals surface area contributed by atoms with Crippen LogP contribution in [0.2, 0.25) is 5.02 Å². The van der Waals surface area contributed by atoms with Gasteiger partial charge < -0.3 is 5.32 Å². The van der Waals surface area contributed by atoms with Gasteiger partial charge in [0.25, 0.3) is 5.91 Å². The number of carbonyl (C=O) groups is 1. The molecule has 0 saturated heterocycles. The van der Waals surface area contributed by atoms with Crippen molar-refractivity contribution in [1.29, 1.82) is 0 Å². The van der Waals surface area contributed by atoms with Crippen LogP contribution in [0.3, 0.4) is 0 Å². The van der Waals surface area contributed by atoms with Crippen molar-refractivity contribution < 1.29 is 13.2 Å². The molecule has 1 atom stereocenters. The smallest absolute Gasteiger partial charge is 0.251 e. The SMILES string of the molecule is CCC(NS(=O)(=O)c1ccc(C(=O)NC)cc1)c1ccc(Cl)cc1. The fraction of sp³-hybridized carbons (Fsp3) is 0.235. The number of carbonyl (C=O) groups excluding carboxylic acids is 1. The van der Waals surface area contributed by atoms with Gasteiger partial charge in [-0.2, -0.15) is 0 Å². The van der Waals surface area contributed by atoms with Crippen LogP contribution in [-0.4, -0.2) is 21.4 Å². The van der Waals surface area contributed by atoms with Crippen molar-refractivity contribution >= 4 is 27.5 Å². The molecule has 2 aromatic rings. The van der Waals surface area contributed by atoms with Crippen LogP contribution in [0.4, 0.5) is 0 Å². The van der Waals surface area contributed by atoms with E-state index in [0.717, 1.165) is 5.56 Å². The van der Waals surface area contributed by atoms with Gasteiger partial charge in [0.2, 0.25) is 10.0 Å². The Morgan fingerprint density at radius 2 is 1.67 bits per heavy atom. The second-order valence-electron chi connectivity index (χ2n) is 5.24. The Morgan fingerprint density at radius 3 is 2.17 bits per heavy atom. The predicted octanol–water partition coefficient (Wildman–Crippen LogP) is 3.13. The maximum Gasteiger partial charge on any atom is 0.251 e. The predicted molar refractivity (Wildman–Crippen MR) is 94.6 cm³/mol. The number of benzene rings is 2. The van der Waals surface area contributed by atoms with Crippen molar-refractivity contribution in [3.8, 4) is 0 Å². The molecule has 0 saturated carbocycles. The fourth-order valence-electron chi connectivity index (χ4n) is 2.27. The van der Waals surface area contributed by atoms with Crippen molar-refractivity contribution in [2.45, 2.75) is 24.3 Å². The lowest BCUT2D eigenvalue weighted by atomic mass is 10.1. The lowest BCUT2D eigenvalue weighted by molar-refractivity contribution is 0.0963. The summed E-state index contributed by atoms with van der Waals surface area (Å²) in [6.07, 6.45) is 0.594. The highest BCUT2D eigenvalue weighted by atomic mass is 35.5. The minimum Gasteiger partial charge on any atom is -0.355 e. The number of nitrogens with one attached hydrogen (secondary N) is 2. The van der Waals surface area contributed by atoms with Gasteiger partial charge in [-0.25, -0.2) is 13.1 Å². The minimum atomic E-state index is -3.69. The van der Waals surface area contributed by atoms with E-state index in [1.807, 2.05) is 6.92 Å². The van der Waals surface area contributed by atoms with E-state index in [0.29, 0.717) is 17.0 Å². The quantitative estimate of drug-likeness (QED) is 0.824. The number of halogens is 1. The Balaban J connectivity index is 2.22. The average molecular weight is 367 g/mol. The van der Waals surface area contributed by atoms with E-state index in [2.05, 4.69) is 10.0 Å². The van der Waals surface area contributed by atoms with Crippen molar-refractivity contribution in [2.24, 2.45) is 0 Å². The Hall–Kier alpha value is -1.89. The third-order valence-corrected chi connectivity index (χ3v) is 5.37. The van der Waals surface area contributed by atoms with Gasteiger partial charge in [-0.15, -0.1) is 0 Å². The first kappa shape index (κ1) is 18.4. The molecule has 0 heterocycles. The molecule has 2 rings (SSSR count). The zero-order valence-corrected chi connectivity index (χ0v) is 15.0. The molecule has 24 heavy (non-hydrogen) atoms. The van der Waals surface area contributed by atoms with Crippen LogP contribution in [0.25, 0.3) is 0 Å². The summed E-state index contributed by atoms with van der Waals surface area (Å²) in [5, 5.41) is 3.09. The Morgan fingerprint density at radius 1 is 1.08 bits per heavy atom. The van der Waals surface area contributed by atoms with Crippen LogP contribution < -0.4 is 10.0 Å². The first-order chi connectivity index (χ1) is 11.4. The molecule has 0 radical (unpaired) electrons. The van der Waals surface area contributed by atoms with Crippen LogP contribution in [0.15, 0.2) is 53.4 Å². The number of hydrogen-bond donors (Lipinski definition) is 2. The van der Waals surface area contributed by atoms with Crippen LogP contribution in [-0.2, 0) is 10.0 Å². The van der Waals surface area contributed by atoms with Gasteiger partial charge in [0.1, 0.15) is 0 Å². The van der Waals surface area contributed by atoms with Gasteiger partial charge in [0, 0.05) is 23.7 Å². The van der Waals surface area contributed by atoms with Crippen LogP contribution >= 0.6 is 11.6 Å². The second-order valence-corrected chi connectivity index (χ2v) is 7.39. The van der Waals surface area contributed by atoms with Gasteiger partial charge in [-0.3, -0.25) is 4.79 Å². The Bertz CT molecular complexity index is 803. The molecule has 0 fully saturated rings. The Kier molecular flexibility index (Phi) is 5.99. The lowest BCUT2D eigenvalue weighted by Crippen LogP contribution is -2.28. The first-order valence-corrected chi connectivity index (χ1v) is 9.33. The molecule has 0 aliphatic heterocycles. The van der Waals surface area contributed by atoms with Gasteiger partial charge >= 0.3 is 0 Å². The van der Waals surface area contributed by atoms with E-state index in [1.54, 1.807) is 24.3 Å². The lowest BCUT2D eigenvalue weighted by Gasteiger charge is -2.18. The zero-order chi connectivity index (χ0) is 17.7. The van der Waals surface area contributed by atoms with Crippen molar-refractivity contribution in [1.82, 2.24) is 10.0 Å². The van der Waals surface area contributed by atoms with E-state index >= 15 is 0 Å². The summed E-state index contributed by atoms with van der Waals surface area (Å²) in [6, 6.07) is 12.5.